The number of hydrogen-bond donors (Lipinski definition) is 0. The molecule has 1 aliphatic rings. The van der Waals surface area contributed by atoms with Gasteiger partial charge in [-0.25, -0.2) is 0 Å². The summed E-state index contributed by atoms with van der Waals surface area (Å²) in [5.41, 5.74) is 8.75. The molecule has 0 radical (unpaired) electrons. The highest BCUT2D eigenvalue weighted by atomic mass is 79.9. The summed E-state index contributed by atoms with van der Waals surface area (Å²) in [6.45, 7) is 3.33. The van der Waals surface area contributed by atoms with E-state index in [0.29, 0.717) is 0 Å². The van der Waals surface area contributed by atoms with Crippen molar-refractivity contribution in [2.24, 2.45) is 5.11 Å². The van der Waals surface area contributed by atoms with Gasteiger partial charge in [0.15, 0.2) is 5.01 Å². The summed E-state index contributed by atoms with van der Waals surface area (Å²) in [6.07, 6.45) is -2.99. The van der Waals surface area contributed by atoms with Crippen molar-refractivity contribution in [3.8, 4) is 0 Å². The fraction of sp³-hybridized carbons (Fsp3) is 0.750. The second-order valence-corrected chi connectivity index (χ2v) is 5.57. The fourth-order valence-corrected chi connectivity index (χ4v) is 2.76. The monoisotopic (exact) mass is 393 g/mol. The van der Waals surface area contributed by atoms with E-state index in [1.165, 1.54) is 13.8 Å². The van der Waals surface area contributed by atoms with Crippen molar-refractivity contribution in [3.05, 3.63) is 10.4 Å². The van der Waals surface area contributed by atoms with Crippen LogP contribution in [0.5, 0.6) is 0 Å². The highest BCUT2D eigenvalue weighted by Gasteiger charge is 2.48. The molecule has 0 spiro atoms. The van der Waals surface area contributed by atoms with E-state index in [2.05, 4.69) is 26.0 Å². The van der Waals surface area contributed by atoms with Crippen molar-refractivity contribution < 1.29 is 33.3 Å². The molecular weight excluding hydrogens is 378 g/mol. The molecule has 0 amide bonds. The molecule has 1 fully saturated rings. The predicted octanol–water partition coefficient (Wildman–Crippen LogP) is 1.21. The van der Waals surface area contributed by atoms with E-state index in [9.17, 15) is 14.4 Å². The minimum atomic E-state index is -1.08. The summed E-state index contributed by atoms with van der Waals surface area (Å²) in [4.78, 5) is 36.2. The molecular formula is C12H16BrN3O7. The summed E-state index contributed by atoms with van der Waals surface area (Å²) < 4.78 is 20.6. The zero-order chi connectivity index (χ0) is 17.6. The molecule has 0 aromatic heterocycles. The van der Waals surface area contributed by atoms with Gasteiger partial charge in [0.05, 0.1) is 0 Å². The molecule has 1 heterocycles. The number of esters is 3. The number of nitrogens with zero attached hydrogens (tertiary/aromatic N) is 3. The lowest BCUT2D eigenvalue weighted by molar-refractivity contribution is -0.199. The molecule has 1 rings (SSSR count). The Morgan fingerprint density at radius 2 is 1.70 bits per heavy atom. The lowest BCUT2D eigenvalue weighted by atomic mass is 9.97. The summed E-state index contributed by atoms with van der Waals surface area (Å²) >= 11 is 3.17. The predicted molar refractivity (Wildman–Crippen MR) is 78.3 cm³/mol. The van der Waals surface area contributed by atoms with Crippen LogP contribution in [0, 0.1) is 0 Å². The molecule has 5 atom stereocenters. The van der Waals surface area contributed by atoms with Gasteiger partial charge in [-0.2, -0.15) is 0 Å². The Balaban J connectivity index is 3.09. The second kappa shape index (κ2) is 8.70. The summed E-state index contributed by atoms with van der Waals surface area (Å²) in [5.74, 6) is -1.83. The first kappa shape index (κ1) is 19.2. The Labute approximate surface area is 140 Å². The molecule has 128 valence electrons. The molecule has 1 unspecified atom stereocenters. The molecule has 0 aromatic carbocycles. The van der Waals surface area contributed by atoms with Crippen molar-refractivity contribution in [1.29, 1.82) is 0 Å². The van der Waals surface area contributed by atoms with Crippen molar-refractivity contribution >= 4 is 33.8 Å². The first-order valence-electron chi connectivity index (χ1n) is 6.57. The Morgan fingerprint density at radius 1 is 1.13 bits per heavy atom. The van der Waals surface area contributed by atoms with Crippen LogP contribution in [0.4, 0.5) is 0 Å². The summed E-state index contributed by atoms with van der Waals surface area (Å²) in [6, 6.07) is -1.05. The Hall–Kier alpha value is -1.84. The van der Waals surface area contributed by atoms with Gasteiger partial charge in [-0.3, -0.25) is 14.4 Å². The maximum atomic E-state index is 11.3. The highest BCUT2D eigenvalue weighted by Crippen LogP contribution is 2.31. The number of carbonyl (C=O) groups is 3. The molecule has 1 aliphatic heterocycles. The van der Waals surface area contributed by atoms with E-state index in [1.54, 1.807) is 0 Å². The molecule has 0 saturated carbocycles. The van der Waals surface area contributed by atoms with Gasteiger partial charge in [-0.05, 0) is 5.53 Å². The van der Waals surface area contributed by atoms with Crippen LogP contribution in [-0.2, 0) is 33.3 Å². The Bertz CT molecular complexity index is 523. The average Bonchev–Trinajstić information content (AvgIpc) is 2.43. The van der Waals surface area contributed by atoms with Gasteiger partial charge >= 0.3 is 17.9 Å². The van der Waals surface area contributed by atoms with E-state index in [-0.39, 0.29) is 6.61 Å². The average molecular weight is 394 g/mol. The number of ether oxygens (including phenoxy) is 4. The van der Waals surface area contributed by atoms with Gasteiger partial charge in [0.25, 0.3) is 0 Å². The Morgan fingerprint density at radius 3 is 2.17 bits per heavy atom. The molecule has 0 bridgehead atoms. The Kier molecular flexibility index (Phi) is 7.27. The van der Waals surface area contributed by atoms with E-state index in [0.717, 1.165) is 6.92 Å². The molecule has 0 aromatic rings. The lowest BCUT2D eigenvalue weighted by Gasteiger charge is -2.41. The van der Waals surface area contributed by atoms with Crippen LogP contribution in [0.2, 0.25) is 0 Å². The largest absolute Gasteiger partial charge is 0.463 e. The number of azide groups is 1. The van der Waals surface area contributed by atoms with Crippen LogP contribution in [0.1, 0.15) is 20.8 Å². The maximum Gasteiger partial charge on any atom is 0.303 e. The number of halogens is 1. The third-order valence-electron chi connectivity index (χ3n) is 2.84. The van der Waals surface area contributed by atoms with Gasteiger partial charge in [0.2, 0.25) is 0 Å². The highest BCUT2D eigenvalue weighted by molar-refractivity contribution is 9.09. The van der Waals surface area contributed by atoms with E-state index in [1.807, 2.05) is 0 Å². The first-order valence-corrected chi connectivity index (χ1v) is 7.49. The van der Waals surface area contributed by atoms with Gasteiger partial charge in [0, 0.05) is 25.7 Å². The maximum absolute atomic E-state index is 11.3. The quantitative estimate of drug-likeness (QED) is 0.171. The van der Waals surface area contributed by atoms with Crippen LogP contribution >= 0.6 is 15.9 Å². The van der Waals surface area contributed by atoms with Crippen LogP contribution in [0.15, 0.2) is 5.11 Å². The summed E-state index contributed by atoms with van der Waals surface area (Å²) in [5, 5.41) is 2.72. The van der Waals surface area contributed by atoms with Crippen LogP contribution in [0.25, 0.3) is 10.4 Å². The molecule has 11 heteroatoms. The van der Waals surface area contributed by atoms with Crippen molar-refractivity contribution in [2.45, 2.75) is 50.1 Å². The van der Waals surface area contributed by atoms with Gasteiger partial charge in [-0.1, -0.05) is 21.0 Å². The smallest absolute Gasteiger partial charge is 0.303 e. The zero-order valence-electron chi connectivity index (χ0n) is 12.7. The number of rotatable bonds is 5. The minimum absolute atomic E-state index is 0.223. The van der Waals surface area contributed by atoms with Crippen molar-refractivity contribution in [1.82, 2.24) is 0 Å². The fourth-order valence-electron chi connectivity index (χ4n) is 2.06. The van der Waals surface area contributed by atoms with Gasteiger partial charge in [-0.15, -0.1) is 0 Å². The molecule has 1 saturated heterocycles. The third-order valence-corrected chi connectivity index (χ3v) is 3.58. The minimum Gasteiger partial charge on any atom is -0.463 e. The van der Waals surface area contributed by atoms with E-state index >= 15 is 0 Å². The van der Waals surface area contributed by atoms with E-state index in [4.69, 9.17) is 24.5 Å². The molecule has 10 nitrogen and oxygen atoms in total. The first-order chi connectivity index (χ1) is 10.8. The van der Waals surface area contributed by atoms with Crippen molar-refractivity contribution in [2.75, 3.05) is 6.61 Å². The topological polar surface area (TPSA) is 137 Å². The molecule has 23 heavy (non-hydrogen) atoms. The standard InChI is InChI=1S/C12H16BrN3O7/c1-5(17)20-4-8-10(21-6(2)18)9(15-16-14)11(12(13)23-8)22-7(3)19/h8-12H,4H2,1-3H3/t8-,9+,10-,11-,12?/m1/s1. The second-order valence-electron chi connectivity index (χ2n) is 4.67. The van der Waals surface area contributed by atoms with Crippen LogP contribution in [-0.4, -0.2) is 53.9 Å². The van der Waals surface area contributed by atoms with Crippen LogP contribution in [0.3, 0.4) is 0 Å². The van der Waals surface area contributed by atoms with Gasteiger partial charge in [0.1, 0.15) is 31.0 Å². The lowest BCUT2D eigenvalue weighted by Crippen LogP contribution is -2.58. The van der Waals surface area contributed by atoms with E-state index < -0.39 is 47.3 Å². The zero-order valence-corrected chi connectivity index (χ0v) is 14.3. The SMILES string of the molecule is CC(=O)OC[C@H]1OC(Br)[C@H](OC(C)=O)[C@@H](N=[N+]=[N-])[C@@H]1OC(C)=O. The van der Waals surface area contributed by atoms with Crippen molar-refractivity contribution in [3.63, 3.8) is 0 Å². The summed E-state index contributed by atoms with van der Waals surface area (Å²) in [7, 11) is 0. The number of carbonyl (C=O) groups excluding carboxylic acids is 3. The molecule has 0 N–H and O–H groups in total. The number of hydrogen-bond acceptors (Lipinski definition) is 8. The normalized spacial score (nSPS) is 29.8. The molecule has 0 aliphatic carbocycles. The van der Waals surface area contributed by atoms with Gasteiger partial charge < -0.3 is 18.9 Å². The third kappa shape index (κ3) is 5.70. The van der Waals surface area contributed by atoms with Crippen LogP contribution < -0.4 is 0 Å². The number of alkyl halides is 1.